The van der Waals surface area contributed by atoms with Crippen molar-refractivity contribution in [1.29, 1.82) is 0 Å². The first-order valence-corrected chi connectivity index (χ1v) is 12.7. The van der Waals surface area contributed by atoms with Crippen LogP contribution in [0.25, 0.3) is 11.3 Å². The minimum atomic E-state index is -5.08. The molecule has 2 aliphatic rings. The smallest absolute Gasteiger partial charge is 0.475 e. The predicted octanol–water partition coefficient (Wildman–Crippen LogP) is 4.65. The molecule has 5 rings (SSSR count). The number of imidazole rings is 1. The maximum absolute atomic E-state index is 10.6. The summed E-state index contributed by atoms with van der Waals surface area (Å²) in [7, 11) is 2.27. The van der Waals surface area contributed by atoms with Crippen LogP contribution in [-0.4, -0.2) is 85.5 Å². The number of benzene rings is 1. The van der Waals surface area contributed by atoms with Crippen LogP contribution in [0.2, 0.25) is 0 Å². The summed E-state index contributed by atoms with van der Waals surface area (Å²) in [6, 6.07) is 16.8. The predicted molar refractivity (Wildman–Crippen MR) is 138 cm³/mol. The zero-order chi connectivity index (χ0) is 31.1. The summed E-state index contributed by atoms with van der Waals surface area (Å²) in [5.74, 6) is -4.27. The molecule has 4 heterocycles. The lowest BCUT2D eigenvalue weighted by Crippen LogP contribution is -2.56. The number of piperidine rings is 1. The number of aliphatic carboxylic acids is 2. The average Bonchev–Trinajstić information content (AvgIpc) is 3.38. The van der Waals surface area contributed by atoms with E-state index in [-0.39, 0.29) is 5.54 Å². The number of likely N-dealkylation sites (tertiary alicyclic amines) is 1. The number of halogens is 6. The number of hydrogen-bond donors (Lipinski definition) is 2. The highest BCUT2D eigenvalue weighted by Gasteiger charge is 2.45. The quantitative estimate of drug-likeness (QED) is 0.418. The van der Waals surface area contributed by atoms with E-state index >= 15 is 0 Å². The first kappa shape index (κ1) is 32.5. The highest BCUT2D eigenvalue weighted by atomic mass is 19.4. The number of fused-ring (bicyclic) bond motifs is 2. The van der Waals surface area contributed by atoms with E-state index in [0.29, 0.717) is 0 Å². The van der Waals surface area contributed by atoms with E-state index in [9.17, 15) is 26.3 Å². The molecular formula is C27H29F6N5O4. The number of rotatable bonds is 3. The van der Waals surface area contributed by atoms with Crippen molar-refractivity contribution >= 4 is 11.9 Å². The van der Waals surface area contributed by atoms with Crippen molar-refractivity contribution < 1.29 is 46.1 Å². The van der Waals surface area contributed by atoms with E-state index in [1.165, 1.54) is 17.1 Å². The molecule has 0 atom stereocenters. The molecule has 15 heteroatoms. The topological polar surface area (TPSA) is 112 Å². The van der Waals surface area contributed by atoms with Gasteiger partial charge in [-0.1, -0.05) is 36.4 Å². The van der Waals surface area contributed by atoms with Gasteiger partial charge in [-0.25, -0.2) is 14.6 Å². The zero-order valence-corrected chi connectivity index (χ0v) is 22.4. The van der Waals surface area contributed by atoms with Crippen molar-refractivity contribution in [3.63, 3.8) is 0 Å². The summed E-state index contributed by atoms with van der Waals surface area (Å²) in [4.78, 5) is 32.3. The molecule has 0 aliphatic carbocycles. The van der Waals surface area contributed by atoms with E-state index < -0.39 is 24.3 Å². The summed E-state index contributed by atoms with van der Waals surface area (Å²) in [6.45, 7) is 5.17. The number of alkyl halides is 6. The summed E-state index contributed by atoms with van der Waals surface area (Å²) < 4.78 is 65.9. The first-order chi connectivity index (χ1) is 19.6. The van der Waals surface area contributed by atoms with E-state index in [0.717, 1.165) is 51.3 Å². The number of hydrogen-bond acceptors (Lipinski definition) is 6. The summed E-state index contributed by atoms with van der Waals surface area (Å²) in [6.07, 6.45) is -3.98. The van der Waals surface area contributed by atoms with Crippen LogP contribution in [0.1, 0.15) is 24.4 Å². The molecule has 1 fully saturated rings. The van der Waals surface area contributed by atoms with Gasteiger partial charge in [0.05, 0.1) is 23.1 Å². The summed E-state index contributed by atoms with van der Waals surface area (Å²) in [5.41, 5.74) is 3.71. The van der Waals surface area contributed by atoms with Crippen molar-refractivity contribution in [3.05, 3.63) is 72.4 Å². The molecule has 1 saturated heterocycles. The van der Waals surface area contributed by atoms with Crippen molar-refractivity contribution in [2.75, 3.05) is 26.7 Å². The van der Waals surface area contributed by atoms with Crippen LogP contribution < -0.4 is 0 Å². The first-order valence-electron chi connectivity index (χ1n) is 12.7. The number of carboxylic acid groups (broad SMARTS) is 2. The third kappa shape index (κ3) is 8.06. The van der Waals surface area contributed by atoms with Crippen molar-refractivity contribution in [3.8, 4) is 11.3 Å². The van der Waals surface area contributed by atoms with Gasteiger partial charge in [0.15, 0.2) is 0 Å². The molecule has 2 N–H and O–H groups in total. The lowest BCUT2D eigenvalue weighted by Gasteiger charge is -2.49. The monoisotopic (exact) mass is 601 g/mol. The van der Waals surface area contributed by atoms with Crippen LogP contribution in [-0.2, 0) is 28.2 Å². The third-order valence-corrected chi connectivity index (χ3v) is 7.01. The Labute approximate surface area is 237 Å². The Morgan fingerprint density at radius 2 is 1.38 bits per heavy atom. The third-order valence-electron chi connectivity index (χ3n) is 7.01. The molecule has 2 aromatic heterocycles. The molecule has 3 aromatic rings. The molecule has 228 valence electrons. The maximum Gasteiger partial charge on any atom is 0.490 e. The lowest BCUT2D eigenvalue weighted by molar-refractivity contribution is -0.193. The van der Waals surface area contributed by atoms with Gasteiger partial charge in [0.25, 0.3) is 0 Å². The van der Waals surface area contributed by atoms with Crippen LogP contribution in [0, 0.1) is 0 Å². The minimum absolute atomic E-state index is 0.0475. The van der Waals surface area contributed by atoms with Gasteiger partial charge in [-0.2, -0.15) is 26.3 Å². The molecule has 0 amide bonds. The fourth-order valence-corrected chi connectivity index (χ4v) is 4.85. The van der Waals surface area contributed by atoms with E-state index in [1.54, 1.807) is 0 Å². The van der Waals surface area contributed by atoms with Gasteiger partial charge in [0, 0.05) is 38.9 Å². The van der Waals surface area contributed by atoms with Gasteiger partial charge in [0.1, 0.15) is 5.82 Å². The SMILES string of the molecule is CN1CCn2c(-c3ccccc3)cnc2C12CCN(Cc1ccccn1)CC2.O=C(O)C(F)(F)F.O=C(O)C(F)(F)F. The lowest BCUT2D eigenvalue weighted by atomic mass is 9.83. The summed E-state index contributed by atoms with van der Waals surface area (Å²) in [5, 5.41) is 14.2. The molecule has 1 spiro atoms. The molecule has 0 bridgehead atoms. The van der Waals surface area contributed by atoms with Crippen molar-refractivity contribution in [1.82, 2.24) is 24.3 Å². The second-order valence-electron chi connectivity index (χ2n) is 9.64. The normalized spacial score (nSPS) is 16.8. The van der Waals surface area contributed by atoms with E-state index in [4.69, 9.17) is 24.8 Å². The van der Waals surface area contributed by atoms with Gasteiger partial charge in [0.2, 0.25) is 0 Å². The van der Waals surface area contributed by atoms with Gasteiger partial charge in [-0.3, -0.25) is 14.8 Å². The van der Waals surface area contributed by atoms with Crippen LogP contribution in [0.5, 0.6) is 0 Å². The number of pyridine rings is 1. The number of nitrogens with zero attached hydrogens (tertiary/aromatic N) is 5. The van der Waals surface area contributed by atoms with Gasteiger partial charge in [-0.15, -0.1) is 0 Å². The molecule has 0 unspecified atom stereocenters. The molecule has 42 heavy (non-hydrogen) atoms. The molecule has 1 aromatic carbocycles. The molecule has 9 nitrogen and oxygen atoms in total. The van der Waals surface area contributed by atoms with Crippen LogP contribution in [0.3, 0.4) is 0 Å². The van der Waals surface area contributed by atoms with E-state index in [2.05, 4.69) is 75.1 Å². The minimum Gasteiger partial charge on any atom is -0.475 e. The number of aromatic nitrogens is 3. The second-order valence-corrected chi connectivity index (χ2v) is 9.64. The highest BCUT2D eigenvalue weighted by molar-refractivity contribution is 5.73. The Morgan fingerprint density at radius 3 is 1.88 bits per heavy atom. The Hall–Kier alpha value is -3.98. The summed E-state index contributed by atoms with van der Waals surface area (Å²) >= 11 is 0. The zero-order valence-electron chi connectivity index (χ0n) is 22.4. The fraction of sp³-hybridized carbons (Fsp3) is 0.407. The molecule has 0 saturated carbocycles. The average molecular weight is 602 g/mol. The van der Waals surface area contributed by atoms with Gasteiger partial charge in [-0.05, 0) is 37.6 Å². The van der Waals surface area contributed by atoms with E-state index in [1.807, 2.05) is 12.3 Å². The van der Waals surface area contributed by atoms with Crippen molar-refractivity contribution in [2.45, 2.75) is 43.8 Å². The van der Waals surface area contributed by atoms with Gasteiger partial charge >= 0.3 is 24.3 Å². The Balaban J connectivity index is 0.000000289. The Kier molecular flexibility index (Phi) is 10.3. The highest BCUT2D eigenvalue weighted by Crippen LogP contribution is 2.41. The van der Waals surface area contributed by atoms with Crippen LogP contribution >= 0.6 is 0 Å². The van der Waals surface area contributed by atoms with Crippen LogP contribution in [0.4, 0.5) is 26.3 Å². The van der Waals surface area contributed by atoms with Crippen molar-refractivity contribution in [2.24, 2.45) is 0 Å². The Bertz CT molecular complexity index is 1300. The second kappa shape index (κ2) is 13.3. The number of carbonyl (C=O) groups is 2. The fourth-order valence-electron chi connectivity index (χ4n) is 4.85. The molecular weight excluding hydrogens is 572 g/mol. The molecule has 2 aliphatic heterocycles. The Morgan fingerprint density at radius 1 is 0.833 bits per heavy atom. The number of likely N-dealkylation sites (N-methyl/N-ethyl adjacent to an activating group) is 1. The maximum atomic E-state index is 10.6. The van der Waals surface area contributed by atoms with Gasteiger partial charge < -0.3 is 14.8 Å². The standard InChI is InChI=1S/C23H27N5.2C2HF3O2/c1-26-15-16-28-21(19-7-3-2-4-8-19)17-25-22(28)23(26)10-13-27(14-11-23)18-20-9-5-6-12-24-20;2*3-2(4,5)1(6)7/h2-9,12,17H,10-11,13-16,18H2,1H3;2*(H,6,7). The largest absolute Gasteiger partial charge is 0.490 e. The van der Waals surface area contributed by atoms with Crippen LogP contribution in [0.15, 0.2) is 60.9 Å². The number of carboxylic acids is 2. The molecule has 0 radical (unpaired) electrons.